The molecule has 1 heterocycles. The smallest absolute Gasteiger partial charge is 0.122 e. The first-order valence-corrected chi connectivity index (χ1v) is 7.32. The molecule has 1 aromatic carbocycles. The fraction of sp³-hybridized carbons (Fsp3) is 0.538. The number of nitrogens with two attached hydrogens (primary N) is 1. The van der Waals surface area contributed by atoms with Crippen LogP contribution in [0.4, 0.5) is 0 Å². The summed E-state index contributed by atoms with van der Waals surface area (Å²) in [5, 5.41) is 0. The molecule has 3 N–H and O–H groups in total. The minimum absolute atomic E-state index is 0.0561. The minimum Gasteiger partial charge on any atom is -0.497 e. The highest BCUT2D eigenvalue weighted by atomic mass is 32.2. The summed E-state index contributed by atoms with van der Waals surface area (Å²) in [7, 11) is 3.27. The number of ether oxygens (including phenoxy) is 3. The zero-order valence-electron chi connectivity index (χ0n) is 11.2. The lowest BCUT2D eigenvalue weighted by Crippen LogP contribution is -2.41. The molecular weight excluding hydrogens is 264 g/mol. The maximum Gasteiger partial charge on any atom is 0.122 e. The predicted molar refractivity (Wildman–Crippen MR) is 76.7 cm³/mol. The molecule has 1 aliphatic rings. The van der Waals surface area contributed by atoms with Crippen molar-refractivity contribution < 1.29 is 14.2 Å². The molecule has 0 radical (unpaired) electrons. The maximum atomic E-state index is 5.79. The maximum absolute atomic E-state index is 5.79. The van der Waals surface area contributed by atoms with E-state index >= 15 is 0 Å². The van der Waals surface area contributed by atoms with Crippen molar-refractivity contribution in [3.63, 3.8) is 0 Å². The molecule has 106 valence electrons. The van der Waals surface area contributed by atoms with Crippen LogP contribution in [0.15, 0.2) is 18.2 Å². The van der Waals surface area contributed by atoms with E-state index in [0.717, 1.165) is 35.2 Å². The van der Waals surface area contributed by atoms with E-state index in [1.807, 2.05) is 30.0 Å². The molecule has 0 aliphatic carbocycles. The van der Waals surface area contributed by atoms with Gasteiger partial charge in [0.15, 0.2) is 0 Å². The van der Waals surface area contributed by atoms with E-state index < -0.39 is 0 Å². The Bertz CT molecular complexity index is 389. The summed E-state index contributed by atoms with van der Waals surface area (Å²) in [5.74, 6) is 9.16. The average Bonchev–Trinajstić information content (AvgIpc) is 2.48. The second-order valence-corrected chi connectivity index (χ2v) is 5.42. The summed E-state index contributed by atoms with van der Waals surface area (Å²) < 4.78 is 16.4. The van der Waals surface area contributed by atoms with Crippen molar-refractivity contribution in [1.29, 1.82) is 0 Å². The quantitative estimate of drug-likeness (QED) is 0.628. The zero-order valence-corrected chi connectivity index (χ0v) is 12.0. The Kier molecular flexibility index (Phi) is 5.33. The molecule has 0 saturated carbocycles. The van der Waals surface area contributed by atoms with Gasteiger partial charge in [0, 0.05) is 17.6 Å². The molecule has 0 spiro atoms. The third-order valence-electron chi connectivity index (χ3n) is 3.13. The van der Waals surface area contributed by atoms with Gasteiger partial charge in [-0.2, -0.15) is 11.8 Å². The van der Waals surface area contributed by atoms with E-state index in [1.165, 1.54) is 0 Å². The van der Waals surface area contributed by atoms with Gasteiger partial charge >= 0.3 is 0 Å². The van der Waals surface area contributed by atoms with Crippen LogP contribution in [0.2, 0.25) is 0 Å². The number of hydrogen-bond acceptors (Lipinski definition) is 6. The molecule has 1 fully saturated rings. The SMILES string of the molecule is COc1cc(OC)cc(C(NN)C2CSCCO2)c1. The summed E-state index contributed by atoms with van der Waals surface area (Å²) in [5.41, 5.74) is 3.85. The van der Waals surface area contributed by atoms with Gasteiger partial charge in [-0.05, 0) is 17.7 Å². The van der Waals surface area contributed by atoms with Crippen LogP contribution < -0.4 is 20.7 Å². The van der Waals surface area contributed by atoms with Gasteiger partial charge in [0.05, 0.1) is 33.0 Å². The van der Waals surface area contributed by atoms with Gasteiger partial charge in [0.2, 0.25) is 0 Å². The normalized spacial score (nSPS) is 20.9. The second-order valence-electron chi connectivity index (χ2n) is 4.27. The lowest BCUT2D eigenvalue weighted by molar-refractivity contribution is 0.0467. The fourth-order valence-electron chi connectivity index (χ4n) is 2.13. The molecular formula is C13H20N2O3S. The van der Waals surface area contributed by atoms with Gasteiger partial charge in [-0.25, -0.2) is 0 Å². The Hall–Kier alpha value is -0.950. The predicted octanol–water partition coefficient (Wildman–Crippen LogP) is 1.34. The van der Waals surface area contributed by atoms with Crippen molar-refractivity contribution in [3.05, 3.63) is 23.8 Å². The summed E-state index contributed by atoms with van der Waals surface area (Å²) in [6.07, 6.45) is 0.0561. The Labute approximate surface area is 117 Å². The van der Waals surface area contributed by atoms with Gasteiger partial charge in [-0.3, -0.25) is 11.3 Å². The van der Waals surface area contributed by atoms with E-state index in [-0.39, 0.29) is 12.1 Å². The number of rotatable bonds is 5. The molecule has 2 unspecified atom stereocenters. The number of benzene rings is 1. The molecule has 2 rings (SSSR count). The van der Waals surface area contributed by atoms with Crippen molar-refractivity contribution in [2.45, 2.75) is 12.1 Å². The Morgan fingerprint density at radius 2 is 2.00 bits per heavy atom. The van der Waals surface area contributed by atoms with Crippen LogP contribution in [0.5, 0.6) is 11.5 Å². The number of nitrogens with one attached hydrogen (secondary N) is 1. The van der Waals surface area contributed by atoms with Gasteiger partial charge in [0.1, 0.15) is 11.5 Å². The van der Waals surface area contributed by atoms with Crippen molar-refractivity contribution in [1.82, 2.24) is 5.43 Å². The van der Waals surface area contributed by atoms with Crippen LogP contribution in [0.1, 0.15) is 11.6 Å². The van der Waals surface area contributed by atoms with Crippen molar-refractivity contribution >= 4 is 11.8 Å². The van der Waals surface area contributed by atoms with Crippen LogP contribution in [-0.2, 0) is 4.74 Å². The number of hydrogen-bond donors (Lipinski definition) is 2. The van der Waals surface area contributed by atoms with Gasteiger partial charge in [-0.15, -0.1) is 0 Å². The lowest BCUT2D eigenvalue weighted by atomic mass is 10.0. The summed E-state index contributed by atoms with van der Waals surface area (Å²) in [6, 6.07) is 5.68. The van der Waals surface area contributed by atoms with Crippen LogP contribution in [0.3, 0.4) is 0 Å². The molecule has 6 heteroatoms. The van der Waals surface area contributed by atoms with E-state index in [1.54, 1.807) is 14.2 Å². The first kappa shape index (κ1) is 14.5. The third-order valence-corrected chi connectivity index (χ3v) is 4.15. The summed E-state index contributed by atoms with van der Waals surface area (Å²) in [4.78, 5) is 0. The average molecular weight is 284 g/mol. The first-order chi connectivity index (χ1) is 9.28. The Morgan fingerprint density at radius 1 is 1.32 bits per heavy atom. The molecule has 1 aliphatic heterocycles. The Morgan fingerprint density at radius 3 is 2.47 bits per heavy atom. The minimum atomic E-state index is -0.0724. The summed E-state index contributed by atoms with van der Waals surface area (Å²) in [6.45, 7) is 0.759. The third kappa shape index (κ3) is 3.54. The van der Waals surface area contributed by atoms with E-state index in [4.69, 9.17) is 20.1 Å². The second kappa shape index (κ2) is 7.00. The topological polar surface area (TPSA) is 65.7 Å². The van der Waals surface area contributed by atoms with E-state index in [9.17, 15) is 0 Å². The monoisotopic (exact) mass is 284 g/mol. The highest BCUT2D eigenvalue weighted by Crippen LogP contribution is 2.30. The molecule has 0 bridgehead atoms. The number of methoxy groups -OCH3 is 2. The lowest BCUT2D eigenvalue weighted by Gasteiger charge is -2.30. The largest absolute Gasteiger partial charge is 0.497 e. The van der Waals surface area contributed by atoms with Gasteiger partial charge in [0.25, 0.3) is 0 Å². The van der Waals surface area contributed by atoms with Crippen molar-refractivity contribution in [2.75, 3.05) is 32.3 Å². The van der Waals surface area contributed by atoms with Gasteiger partial charge in [-0.1, -0.05) is 0 Å². The van der Waals surface area contributed by atoms with Gasteiger partial charge < -0.3 is 14.2 Å². The molecule has 2 atom stereocenters. The van der Waals surface area contributed by atoms with Crippen LogP contribution in [-0.4, -0.2) is 38.4 Å². The molecule has 5 nitrogen and oxygen atoms in total. The van der Waals surface area contributed by atoms with Crippen LogP contribution >= 0.6 is 11.8 Å². The van der Waals surface area contributed by atoms with E-state index in [0.29, 0.717) is 0 Å². The highest BCUT2D eigenvalue weighted by molar-refractivity contribution is 7.99. The zero-order chi connectivity index (χ0) is 13.7. The Balaban J connectivity index is 2.25. The molecule has 0 aromatic heterocycles. The number of thioether (sulfide) groups is 1. The molecule has 1 aromatic rings. The van der Waals surface area contributed by atoms with Crippen molar-refractivity contribution in [2.24, 2.45) is 5.84 Å². The van der Waals surface area contributed by atoms with Crippen LogP contribution in [0.25, 0.3) is 0 Å². The first-order valence-electron chi connectivity index (χ1n) is 6.17. The molecule has 0 amide bonds. The highest BCUT2D eigenvalue weighted by Gasteiger charge is 2.26. The standard InChI is InChI=1S/C13H20N2O3S/c1-16-10-5-9(6-11(7-10)17-2)13(15-14)12-8-19-4-3-18-12/h5-7,12-13,15H,3-4,8,14H2,1-2H3. The fourth-order valence-corrected chi connectivity index (χ4v) is 3.03. The van der Waals surface area contributed by atoms with Crippen LogP contribution in [0, 0.1) is 0 Å². The van der Waals surface area contributed by atoms with E-state index in [2.05, 4.69) is 5.43 Å². The number of hydrazine groups is 1. The summed E-state index contributed by atoms with van der Waals surface area (Å²) >= 11 is 1.88. The van der Waals surface area contributed by atoms with Crippen molar-refractivity contribution in [3.8, 4) is 11.5 Å². The molecule has 19 heavy (non-hydrogen) atoms. The molecule has 1 saturated heterocycles.